The third-order valence-corrected chi connectivity index (χ3v) is 8.43. The predicted octanol–water partition coefficient (Wildman–Crippen LogP) is 3.48. The van der Waals surface area contributed by atoms with Gasteiger partial charge in [-0.3, -0.25) is 24.6 Å². The summed E-state index contributed by atoms with van der Waals surface area (Å²) in [5.74, 6) is -3.47. The molecule has 3 heterocycles. The number of aromatic hydroxyl groups is 2. The lowest BCUT2D eigenvalue weighted by molar-refractivity contribution is -0.143. The molecular weight excluding hydrogens is 506 g/mol. The van der Waals surface area contributed by atoms with Crippen molar-refractivity contribution in [2.45, 2.75) is 37.9 Å². The van der Waals surface area contributed by atoms with E-state index in [0.29, 0.717) is 27.4 Å². The van der Waals surface area contributed by atoms with Crippen molar-refractivity contribution in [2.75, 3.05) is 5.32 Å². The average Bonchev–Trinajstić information content (AvgIpc) is 3.47. The number of fused-ring (bicyclic) bond motifs is 4. The van der Waals surface area contributed by atoms with Crippen LogP contribution in [0.2, 0.25) is 5.02 Å². The van der Waals surface area contributed by atoms with Crippen LogP contribution in [0.4, 0.5) is 5.69 Å². The zero-order valence-corrected chi connectivity index (χ0v) is 21.3. The largest absolute Gasteiger partial charge is 0.504 e. The number of imide groups is 1. The number of halogens is 1. The topological polar surface area (TPSA) is 119 Å². The highest BCUT2D eigenvalue weighted by Gasteiger charge is 2.70. The van der Waals surface area contributed by atoms with E-state index in [2.05, 4.69) is 10.6 Å². The molecule has 0 radical (unpaired) electrons. The van der Waals surface area contributed by atoms with Crippen molar-refractivity contribution < 1.29 is 24.6 Å². The Balaban J connectivity index is 1.46. The van der Waals surface area contributed by atoms with E-state index >= 15 is 0 Å². The summed E-state index contributed by atoms with van der Waals surface area (Å²) in [4.78, 5) is 42.9. The molecule has 0 saturated carbocycles. The van der Waals surface area contributed by atoms with Gasteiger partial charge in [-0.2, -0.15) is 0 Å². The quantitative estimate of drug-likeness (QED) is 0.296. The summed E-state index contributed by atoms with van der Waals surface area (Å²) < 4.78 is 0. The molecule has 3 aliphatic rings. The molecule has 3 amide bonds. The van der Waals surface area contributed by atoms with Gasteiger partial charge < -0.3 is 15.5 Å². The smallest absolute Gasteiger partial charge is 0.250 e. The van der Waals surface area contributed by atoms with Gasteiger partial charge in [0.2, 0.25) is 17.7 Å². The molecule has 0 unspecified atom stereocenters. The van der Waals surface area contributed by atoms with E-state index in [4.69, 9.17) is 11.6 Å². The van der Waals surface area contributed by atoms with Gasteiger partial charge in [0, 0.05) is 22.3 Å². The second kappa shape index (κ2) is 8.85. The number of anilines is 1. The molecule has 6 rings (SSSR count). The number of benzene rings is 3. The zero-order chi connectivity index (χ0) is 26.8. The number of likely N-dealkylation sites (tertiary alicyclic amines) is 1. The number of phenols is 2. The Morgan fingerprint density at radius 2 is 1.71 bits per heavy atom. The molecule has 4 atom stereocenters. The number of aryl methyl sites for hydroxylation is 1. The van der Waals surface area contributed by atoms with E-state index in [0.717, 1.165) is 12.0 Å². The number of amides is 3. The molecule has 3 aliphatic heterocycles. The van der Waals surface area contributed by atoms with E-state index in [1.165, 1.54) is 17.0 Å². The minimum Gasteiger partial charge on any atom is -0.504 e. The second-order valence-electron chi connectivity index (χ2n) is 10.1. The molecule has 4 N–H and O–H groups in total. The lowest BCUT2D eigenvalue weighted by atomic mass is 9.76. The lowest BCUT2D eigenvalue weighted by Crippen LogP contribution is -2.53. The van der Waals surface area contributed by atoms with Gasteiger partial charge in [-0.1, -0.05) is 54.9 Å². The fourth-order valence-electron chi connectivity index (χ4n) is 6.21. The van der Waals surface area contributed by atoms with E-state index in [1.54, 1.807) is 30.3 Å². The maximum Gasteiger partial charge on any atom is 0.250 e. The van der Waals surface area contributed by atoms with Crippen molar-refractivity contribution in [1.82, 2.24) is 10.2 Å². The van der Waals surface area contributed by atoms with E-state index in [-0.39, 0.29) is 36.3 Å². The van der Waals surface area contributed by atoms with Crippen LogP contribution in [-0.2, 0) is 39.3 Å². The molecule has 38 heavy (non-hydrogen) atoms. The van der Waals surface area contributed by atoms with Crippen LogP contribution in [0.25, 0.3) is 0 Å². The summed E-state index contributed by atoms with van der Waals surface area (Å²) in [5, 5.41) is 26.6. The molecular formula is C29H26ClN3O5. The van der Waals surface area contributed by atoms with Crippen LogP contribution >= 0.6 is 11.6 Å². The van der Waals surface area contributed by atoms with E-state index < -0.39 is 29.3 Å². The van der Waals surface area contributed by atoms with Crippen LogP contribution in [0.1, 0.15) is 29.2 Å². The zero-order valence-electron chi connectivity index (χ0n) is 20.6. The first-order chi connectivity index (χ1) is 18.2. The summed E-state index contributed by atoms with van der Waals surface area (Å²) in [6.07, 6.45) is 0.999. The van der Waals surface area contributed by atoms with Gasteiger partial charge in [0.05, 0.1) is 18.4 Å². The third-order valence-electron chi connectivity index (χ3n) is 8.06. The number of nitrogens with zero attached hydrogens (tertiary/aromatic N) is 1. The van der Waals surface area contributed by atoms with Crippen molar-refractivity contribution in [1.29, 1.82) is 0 Å². The van der Waals surface area contributed by atoms with Crippen LogP contribution < -0.4 is 10.6 Å². The van der Waals surface area contributed by atoms with Gasteiger partial charge in [0.25, 0.3) is 0 Å². The maximum atomic E-state index is 14.0. The first-order valence-corrected chi connectivity index (χ1v) is 12.9. The van der Waals surface area contributed by atoms with Gasteiger partial charge in [-0.15, -0.1) is 0 Å². The molecule has 2 fully saturated rings. The normalized spacial score (nSPS) is 25.7. The van der Waals surface area contributed by atoms with Crippen molar-refractivity contribution >= 4 is 35.0 Å². The summed E-state index contributed by atoms with van der Waals surface area (Å²) in [7, 11) is 0. The van der Waals surface area contributed by atoms with E-state index in [1.807, 2.05) is 25.1 Å². The first kappa shape index (κ1) is 24.5. The van der Waals surface area contributed by atoms with E-state index in [9.17, 15) is 24.6 Å². The Morgan fingerprint density at radius 1 is 0.947 bits per heavy atom. The summed E-state index contributed by atoms with van der Waals surface area (Å²) in [5.41, 5.74) is 2.16. The lowest BCUT2D eigenvalue weighted by Gasteiger charge is -2.30. The number of rotatable bonds is 5. The van der Waals surface area contributed by atoms with Crippen molar-refractivity contribution in [3.8, 4) is 11.5 Å². The average molecular weight is 532 g/mol. The van der Waals surface area contributed by atoms with Crippen molar-refractivity contribution in [2.24, 2.45) is 11.8 Å². The Hall–Kier alpha value is -3.88. The molecule has 0 bridgehead atoms. The number of carbonyl (C=O) groups excluding carboxylic acids is 3. The van der Waals surface area contributed by atoms with Gasteiger partial charge in [-0.05, 0) is 53.8 Å². The van der Waals surface area contributed by atoms with Crippen molar-refractivity contribution in [3.63, 3.8) is 0 Å². The van der Waals surface area contributed by atoms with Crippen LogP contribution in [0, 0.1) is 11.8 Å². The minimum atomic E-state index is -1.42. The summed E-state index contributed by atoms with van der Waals surface area (Å²) in [6, 6.07) is 16.6. The van der Waals surface area contributed by atoms with Gasteiger partial charge in [-0.25, -0.2) is 0 Å². The van der Waals surface area contributed by atoms with Gasteiger partial charge in [0.15, 0.2) is 11.5 Å². The monoisotopic (exact) mass is 531 g/mol. The fourth-order valence-corrected chi connectivity index (χ4v) is 6.40. The molecule has 3 aromatic carbocycles. The Bertz CT molecular complexity index is 1510. The van der Waals surface area contributed by atoms with Crippen LogP contribution in [-0.4, -0.2) is 38.9 Å². The summed E-state index contributed by atoms with van der Waals surface area (Å²) in [6.45, 7) is 2.02. The first-order valence-electron chi connectivity index (χ1n) is 12.6. The number of hydrogen-bond donors (Lipinski definition) is 4. The second-order valence-corrected chi connectivity index (χ2v) is 10.5. The Kier molecular flexibility index (Phi) is 5.70. The molecule has 2 saturated heterocycles. The minimum absolute atomic E-state index is 0.0105. The number of nitrogens with one attached hydrogen (secondary N) is 2. The van der Waals surface area contributed by atoms with Gasteiger partial charge >= 0.3 is 0 Å². The molecule has 1 spiro atoms. The standard InChI is InChI=1S/C29H26ClN3O5/c1-2-15-7-9-20-18(11-15)29(28(38)31-20)25-24(21(32-29)12-16-8-10-22(34)23(35)13-16)26(36)33(27(25)37)14-17-5-3-4-6-19(17)30/h3-11,13,21,24-25,32,34-35H,2,12,14H2,1H3,(H,31,38)/t21-,24-,25+,29-/m1/s1. The molecule has 9 heteroatoms. The van der Waals surface area contributed by atoms with Crippen LogP contribution in [0.5, 0.6) is 11.5 Å². The third kappa shape index (κ3) is 3.51. The highest BCUT2D eigenvalue weighted by atomic mass is 35.5. The molecule has 0 aliphatic carbocycles. The highest BCUT2D eigenvalue weighted by Crippen LogP contribution is 2.53. The van der Waals surface area contributed by atoms with Gasteiger partial charge in [0.1, 0.15) is 5.54 Å². The number of phenolic OH excluding ortho intramolecular Hbond substituents is 2. The number of hydrogen-bond acceptors (Lipinski definition) is 6. The molecule has 194 valence electrons. The fraction of sp³-hybridized carbons (Fsp3) is 0.276. The molecule has 3 aromatic rings. The molecule has 8 nitrogen and oxygen atoms in total. The Morgan fingerprint density at radius 3 is 2.45 bits per heavy atom. The van der Waals surface area contributed by atoms with Crippen molar-refractivity contribution in [3.05, 3.63) is 87.9 Å². The Labute approximate surface area is 224 Å². The maximum absolute atomic E-state index is 14.0. The predicted molar refractivity (Wildman–Crippen MR) is 141 cm³/mol. The SMILES string of the molecule is CCc1ccc2c(c1)[C@]1(N[C@H](Cc3ccc(O)c(O)c3)[C@H]3C(=O)N(Cc4ccccc4Cl)C(=O)[C@H]31)C(=O)N2. The molecule has 0 aromatic heterocycles. The van der Waals surface area contributed by atoms with Crippen LogP contribution in [0.3, 0.4) is 0 Å². The van der Waals surface area contributed by atoms with Crippen LogP contribution in [0.15, 0.2) is 60.7 Å². The number of carbonyl (C=O) groups is 3. The highest BCUT2D eigenvalue weighted by molar-refractivity contribution is 6.31. The summed E-state index contributed by atoms with van der Waals surface area (Å²) >= 11 is 6.36.